The number of halogens is 1. The molecule has 1 N–H and O–H groups in total. The average Bonchev–Trinajstić information content (AvgIpc) is 2.98. The zero-order valence-corrected chi connectivity index (χ0v) is 13.7. The van der Waals surface area contributed by atoms with Crippen LogP contribution in [0.15, 0.2) is 18.3 Å². The molecule has 1 aromatic heterocycles. The van der Waals surface area contributed by atoms with Crippen LogP contribution in [0.3, 0.4) is 0 Å². The number of likely N-dealkylation sites (tertiary alicyclic amines) is 1. The van der Waals surface area contributed by atoms with E-state index in [1.165, 1.54) is 7.11 Å². The van der Waals surface area contributed by atoms with Crippen LogP contribution in [0.25, 0.3) is 0 Å². The predicted octanol–water partition coefficient (Wildman–Crippen LogP) is 2.46. The lowest BCUT2D eigenvalue weighted by atomic mass is 9.73. The highest BCUT2D eigenvalue weighted by atomic mass is 35.5. The summed E-state index contributed by atoms with van der Waals surface area (Å²) < 4.78 is 4.84. The van der Waals surface area contributed by atoms with Gasteiger partial charge in [0, 0.05) is 30.3 Å². The molecule has 1 saturated heterocycles. The molecular weight excluding hydrogens is 316 g/mol. The number of amides is 1. The van der Waals surface area contributed by atoms with E-state index in [1.54, 1.807) is 23.2 Å². The van der Waals surface area contributed by atoms with Gasteiger partial charge in [0.1, 0.15) is 10.8 Å². The quantitative estimate of drug-likeness (QED) is 0.585. The summed E-state index contributed by atoms with van der Waals surface area (Å²) in [5, 5.41) is 11.4. The fraction of sp³-hybridized carbons (Fsp3) is 0.529. The van der Waals surface area contributed by atoms with Crippen molar-refractivity contribution in [1.29, 1.82) is 0 Å². The fourth-order valence-electron chi connectivity index (χ4n) is 3.69. The number of aromatic nitrogens is 1. The Morgan fingerprint density at radius 2 is 2.39 bits per heavy atom. The van der Waals surface area contributed by atoms with Crippen LogP contribution < -0.4 is 0 Å². The molecule has 0 spiro atoms. The van der Waals surface area contributed by atoms with Gasteiger partial charge in [0.05, 0.1) is 7.11 Å². The number of aliphatic hydroxyl groups is 1. The van der Waals surface area contributed by atoms with E-state index in [2.05, 4.69) is 16.8 Å². The van der Waals surface area contributed by atoms with Gasteiger partial charge in [-0.05, 0) is 37.8 Å². The smallest absolute Gasteiger partial charge is 0.409 e. The maximum absolute atomic E-state index is 11.9. The number of rotatable bonds is 0. The molecule has 2 fully saturated rings. The van der Waals surface area contributed by atoms with Gasteiger partial charge in [0.15, 0.2) is 0 Å². The summed E-state index contributed by atoms with van der Waals surface area (Å²) in [7, 11) is 1.39. The first-order chi connectivity index (χ1) is 11.0. The van der Waals surface area contributed by atoms with Crippen molar-refractivity contribution >= 4 is 17.7 Å². The van der Waals surface area contributed by atoms with Gasteiger partial charge < -0.3 is 14.7 Å². The largest absolute Gasteiger partial charge is 0.453 e. The first-order valence-corrected chi connectivity index (χ1v) is 8.13. The summed E-state index contributed by atoms with van der Waals surface area (Å²) in [4.78, 5) is 17.5. The Bertz CT molecular complexity index is 669. The second-order valence-corrected chi connectivity index (χ2v) is 6.45. The Morgan fingerprint density at radius 1 is 1.57 bits per heavy atom. The topological polar surface area (TPSA) is 62.7 Å². The summed E-state index contributed by atoms with van der Waals surface area (Å²) in [6.07, 6.45) is 4.34. The normalized spacial score (nSPS) is 29.4. The molecule has 0 aromatic carbocycles. The lowest BCUT2D eigenvalue weighted by Crippen LogP contribution is -2.49. The Morgan fingerprint density at radius 3 is 3.13 bits per heavy atom. The van der Waals surface area contributed by atoms with Gasteiger partial charge in [-0.15, -0.1) is 0 Å². The van der Waals surface area contributed by atoms with E-state index in [-0.39, 0.29) is 18.1 Å². The number of fused-ring (bicyclic) bond motifs is 1. The van der Waals surface area contributed by atoms with Crippen molar-refractivity contribution in [2.75, 3.05) is 13.7 Å². The van der Waals surface area contributed by atoms with E-state index in [4.69, 9.17) is 16.3 Å². The molecule has 2 unspecified atom stereocenters. The Labute approximate surface area is 140 Å². The number of pyridine rings is 1. The Hall–Kier alpha value is -1.77. The fourth-order valence-corrected chi connectivity index (χ4v) is 3.87. The zero-order valence-electron chi connectivity index (χ0n) is 13.0. The second kappa shape index (κ2) is 6.38. The Balaban J connectivity index is 1.83. The average molecular weight is 335 g/mol. The third-order valence-corrected chi connectivity index (χ3v) is 4.98. The van der Waals surface area contributed by atoms with E-state index in [9.17, 15) is 9.90 Å². The van der Waals surface area contributed by atoms with Crippen molar-refractivity contribution in [2.24, 2.45) is 5.92 Å². The molecule has 1 saturated carbocycles. The molecule has 5 nitrogen and oxygen atoms in total. The molecule has 6 heteroatoms. The van der Waals surface area contributed by atoms with Crippen molar-refractivity contribution in [3.63, 3.8) is 0 Å². The number of carbonyl (C=O) groups is 1. The molecule has 23 heavy (non-hydrogen) atoms. The molecular formula is C17H19ClN2O3. The molecule has 122 valence electrons. The third-order valence-electron chi connectivity index (χ3n) is 4.78. The van der Waals surface area contributed by atoms with Gasteiger partial charge in [-0.25, -0.2) is 9.78 Å². The van der Waals surface area contributed by atoms with Crippen molar-refractivity contribution in [3.8, 4) is 11.8 Å². The van der Waals surface area contributed by atoms with Gasteiger partial charge in [-0.2, -0.15) is 0 Å². The van der Waals surface area contributed by atoms with E-state index in [0.29, 0.717) is 18.1 Å². The van der Waals surface area contributed by atoms with Crippen molar-refractivity contribution < 1.29 is 14.6 Å². The number of methoxy groups -OCH3 is 1. The number of nitrogens with zero attached hydrogens (tertiary/aromatic N) is 2. The number of ether oxygens (including phenoxy) is 1. The molecule has 0 radical (unpaired) electrons. The molecule has 2 heterocycles. The van der Waals surface area contributed by atoms with Gasteiger partial charge in [-0.1, -0.05) is 23.4 Å². The predicted molar refractivity (Wildman–Crippen MR) is 85.9 cm³/mol. The molecule has 2 aliphatic rings. The van der Waals surface area contributed by atoms with Gasteiger partial charge in [0.2, 0.25) is 0 Å². The summed E-state index contributed by atoms with van der Waals surface area (Å²) in [6.45, 7) is 0.604. The number of hydrogen-bond donors (Lipinski definition) is 1. The van der Waals surface area contributed by atoms with Crippen LogP contribution in [0.1, 0.15) is 31.2 Å². The molecule has 1 aromatic rings. The second-order valence-electron chi connectivity index (χ2n) is 6.06. The summed E-state index contributed by atoms with van der Waals surface area (Å²) in [6, 6.07) is 3.43. The first-order valence-electron chi connectivity index (χ1n) is 7.75. The molecule has 1 aliphatic heterocycles. The zero-order chi connectivity index (χ0) is 16.4. The van der Waals surface area contributed by atoms with Crippen LogP contribution in [-0.2, 0) is 4.74 Å². The summed E-state index contributed by atoms with van der Waals surface area (Å²) in [5.41, 5.74) is -0.357. The van der Waals surface area contributed by atoms with Crippen LogP contribution in [0.5, 0.6) is 0 Å². The monoisotopic (exact) mass is 334 g/mol. The standard InChI is InChI=1S/C17H19ClN2O3/c1-23-16(21)20-10-6-13-14(20)3-2-7-17(13,22)8-4-12-5-9-19-15(18)11-12/h5,9,11,13-14,22H,2-3,6-7,10H2,1H3/t13?,14?,17-/m1/s1. The number of hydrogen-bond acceptors (Lipinski definition) is 4. The third kappa shape index (κ3) is 3.15. The minimum atomic E-state index is -1.08. The van der Waals surface area contributed by atoms with Crippen LogP contribution >= 0.6 is 11.6 Å². The lowest BCUT2D eigenvalue weighted by Gasteiger charge is -2.39. The summed E-state index contributed by atoms with van der Waals surface area (Å²) in [5.74, 6) is 6.00. The molecule has 3 rings (SSSR count). The number of carbonyl (C=O) groups excluding carboxylic acids is 1. The van der Waals surface area contributed by atoms with Gasteiger partial charge in [0.25, 0.3) is 0 Å². The van der Waals surface area contributed by atoms with E-state index < -0.39 is 5.60 Å². The van der Waals surface area contributed by atoms with E-state index in [1.807, 2.05) is 0 Å². The van der Waals surface area contributed by atoms with Crippen LogP contribution in [-0.4, -0.2) is 46.4 Å². The lowest BCUT2D eigenvalue weighted by molar-refractivity contribution is -0.0136. The van der Waals surface area contributed by atoms with Crippen LogP contribution in [0.2, 0.25) is 5.15 Å². The molecule has 3 atom stereocenters. The van der Waals surface area contributed by atoms with Crippen molar-refractivity contribution in [1.82, 2.24) is 9.88 Å². The van der Waals surface area contributed by atoms with Gasteiger partial charge >= 0.3 is 6.09 Å². The maximum atomic E-state index is 11.9. The van der Waals surface area contributed by atoms with E-state index in [0.717, 1.165) is 24.8 Å². The maximum Gasteiger partial charge on any atom is 0.409 e. The molecule has 0 bridgehead atoms. The molecule has 1 aliphatic carbocycles. The van der Waals surface area contributed by atoms with Crippen molar-refractivity contribution in [3.05, 3.63) is 29.0 Å². The Kier molecular flexibility index (Phi) is 4.47. The van der Waals surface area contributed by atoms with Crippen molar-refractivity contribution in [2.45, 2.75) is 37.3 Å². The SMILES string of the molecule is COC(=O)N1CCC2C1CCC[C@@]2(O)C#Cc1ccnc(Cl)c1. The minimum absolute atomic E-state index is 0.00321. The van der Waals surface area contributed by atoms with Gasteiger partial charge in [-0.3, -0.25) is 0 Å². The summed E-state index contributed by atoms with van der Waals surface area (Å²) >= 11 is 5.86. The van der Waals surface area contributed by atoms with E-state index >= 15 is 0 Å². The minimum Gasteiger partial charge on any atom is -0.453 e. The highest BCUT2D eigenvalue weighted by Gasteiger charge is 2.50. The first kappa shape index (κ1) is 16.1. The van der Waals surface area contributed by atoms with Crippen LogP contribution in [0, 0.1) is 17.8 Å². The highest BCUT2D eigenvalue weighted by Crippen LogP contribution is 2.42. The highest BCUT2D eigenvalue weighted by molar-refractivity contribution is 6.29. The molecule has 1 amide bonds. The van der Waals surface area contributed by atoms with Crippen LogP contribution in [0.4, 0.5) is 4.79 Å².